The normalized spacial score (nSPS) is 10.9. The van der Waals surface area contributed by atoms with E-state index in [0.29, 0.717) is 5.69 Å². The maximum absolute atomic E-state index is 12.2. The summed E-state index contributed by atoms with van der Waals surface area (Å²) in [4.78, 5) is 24.2. The van der Waals surface area contributed by atoms with Crippen LogP contribution >= 0.6 is 0 Å². The molecule has 0 aliphatic rings. The van der Waals surface area contributed by atoms with Crippen LogP contribution < -0.4 is 10.0 Å². The number of para-hydroxylation sites is 1. The maximum atomic E-state index is 12.2. The quantitative estimate of drug-likeness (QED) is 0.522. The van der Waals surface area contributed by atoms with Gasteiger partial charge in [0.1, 0.15) is 0 Å². The Morgan fingerprint density at radius 3 is 2.39 bits per heavy atom. The first kappa shape index (κ1) is 21.3. The number of sulfonamides is 1. The van der Waals surface area contributed by atoms with Crippen LogP contribution in [0.3, 0.4) is 0 Å². The number of ether oxygens (including phenoxy) is 1. The molecule has 1 amide bonds. The molecule has 0 saturated carbocycles. The first-order valence-corrected chi connectivity index (χ1v) is 9.96. The fourth-order valence-corrected chi connectivity index (χ4v) is 3.49. The molecule has 0 bridgehead atoms. The lowest BCUT2D eigenvalue weighted by atomic mass is 10.1. The molecule has 0 spiro atoms. The number of rotatable bonds is 8. The van der Waals surface area contributed by atoms with Gasteiger partial charge in [-0.3, -0.25) is 4.79 Å². The summed E-state index contributed by atoms with van der Waals surface area (Å²) in [5.74, 6) is -1.28. The average Bonchev–Trinajstić information content (AvgIpc) is 2.67. The molecule has 0 saturated heterocycles. The van der Waals surface area contributed by atoms with Crippen molar-refractivity contribution in [3.8, 4) is 0 Å². The van der Waals surface area contributed by atoms with E-state index in [4.69, 9.17) is 4.74 Å². The predicted octanol–water partition coefficient (Wildman–Crippen LogP) is 2.56. The van der Waals surface area contributed by atoms with Gasteiger partial charge < -0.3 is 10.1 Å². The molecule has 0 atom stereocenters. The molecule has 0 fully saturated rings. The Kier molecular flexibility index (Phi) is 7.08. The third-order valence-corrected chi connectivity index (χ3v) is 5.30. The fourth-order valence-electron chi connectivity index (χ4n) is 2.44. The van der Waals surface area contributed by atoms with Crippen molar-refractivity contribution in [2.24, 2.45) is 0 Å². The van der Waals surface area contributed by atoms with Crippen molar-refractivity contribution in [3.63, 3.8) is 0 Å². The fraction of sp³-hybridized carbons (Fsp3) is 0.200. The Hall–Kier alpha value is -2.97. The van der Waals surface area contributed by atoms with Gasteiger partial charge in [0, 0.05) is 12.2 Å². The van der Waals surface area contributed by atoms with E-state index in [0.717, 1.165) is 11.1 Å². The van der Waals surface area contributed by atoms with E-state index in [2.05, 4.69) is 16.6 Å². The number of hydrogen-bond acceptors (Lipinski definition) is 5. The van der Waals surface area contributed by atoms with Crippen LogP contribution in [0.15, 0.2) is 60.0 Å². The number of aryl methyl sites for hydroxylation is 2. The van der Waals surface area contributed by atoms with Gasteiger partial charge >= 0.3 is 5.97 Å². The zero-order valence-corrected chi connectivity index (χ0v) is 16.5. The summed E-state index contributed by atoms with van der Waals surface area (Å²) in [5, 5.41) is 2.71. The Labute approximate surface area is 164 Å². The third-order valence-electron chi connectivity index (χ3n) is 3.88. The van der Waals surface area contributed by atoms with Crippen LogP contribution in [-0.4, -0.2) is 33.4 Å². The number of anilines is 1. The van der Waals surface area contributed by atoms with Gasteiger partial charge in [-0.15, -0.1) is 6.58 Å². The van der Waals surface area contributed by atoms with E-state index in [1.54, 1.807) is 0 Å². The van der Waals surface area contributed by atoms with Crippen LogP contribution in [0.4, 0.5) is 5.69 Å². The van der Waals surface area contributed by atoms with Gasteiger partial charge in [-0.05, 0) is 43.2 Å². The third kappa shape index (κ3) is 5.51. The monoisotopic (exact) mass is 402 g/mol. The second-order valence-corrected chi connectivity index (χ2v) is 7.83. The van der Waals surface area contributed by atoms with Gasteiger partial charge in [-0.2, -0.15) is 0 Å². The molecule has 8 heteroatoms. The van der Waals surface area contributed by atoms with Crippen LogP contribution in [0.2, 0.25) is 0 Å². The molecule has 0 radical (unpaired) electrons. The van der Waals surface area contributed by atoms with E-state index >= 15 is 0 Å². The summed E-state index contributed by atoms with van der Waals surface area (Å²) < 4.78 is 31.6. The second kappa shape index (κ2) is 9.29. The largest absolute Gasteiger partial charge is 0.452 e. The lowest BCUT2D eigenvalue weighted by molar-refractivity contribution is -0.119. The standard InChI is InChI=1S/C20H22N2O5S/c1-4-11-21-28(25,26)17-10-6-9-16(12-17)20(24)27-13-18(23)22-19-14(2)7-5-8-15(19)3/h4-10,12,21H,1,11,13H2,2-3H3,(H,22,23). The van der Waals surface area contributed by atoms with E-state index in [-0.39, 0.29) is 17.0 Å². The molecule has 2 aromatic carbocycles. The van der Waals surface area contributed by atoms with Crippen LogP contribution in [0.5, 0.6) is 0 Å². The lowest BCUT2D eigenvalue weighted by Gasteiger charge is -2.12. The van der Waals surface area contributed by atoms with E-state index in [1.165, 1.54) is 30.3 Å². The van der Waals surface area contributed by atoms with E-state index < -0.39 is 28.5 Å². The lowest BCUT2D eigenvalue weighted by Crippen LogP contribution is -2.24. The van der Waals surface area contributed by atoms with Crippen molar-refractivity contribution in [2.45, 2.75) is 18.7 Å². The molecule has 28 heavy (non-hydrogen) atoms. The summed E-state index contributed by atoms with van der Waals surface area (Å²) in [6, 6.07) is 11.0. The van der Waals surface area contributed by atoms with Crippen molar-refractivity contribution in [3.05, 3.63) is 71.8 Å². The van der Waals surface area contributed by atoms with Crippen molar-refractivity contribution in [2.75, 3.05) is 18.5 Å². The minimum atomic E-state index is -3.77. The number of amides is 1. The first-order chi connectivity index (χ1) is 13.2. The predicted molar refractivity (Wildman–Crippen MR) is 107 cm³/mol. The Balaban J connectivity index is 2.02. The summed E-state index contributed by atoms with van der Waals surface area (Å²) in [5.41, 5.74) is 2.49. The molecule has 2 aromatic rings. The molecule has 0 aliphatic heterocycles. The minimum Gasteiger partial charge on any atom is -0.452 e. The van der Waals surface area contributed by atoms with Crippen LogP contribution in [0.1, 0.15) is 21.5 Å². The van der Waals surface area contributed by atoms with Crippen molar-refractivity contribution >= 4 is 27.6 Å². The van der Waals surface area contributed by atoms with Crippen molar-refractivity contribution in [1.82, 2.24) is 4.72 Å². The highest BCUT2D eigenvalue weighted by atomic mass is 32.2. The summed E-state index contributed by atoms with van der Waals surface area (Å²) in [6.07, 6.45) is 1.41. The number of carbonyl (C=O) groups excluding carboxylic acids is 2. The van der Waals surface area contributed by atoms with E-state index in [1.807, 2.05) is 32.0 Å². The topological polar surface area (TPSA) is 102 Å². The highest BCUT2D eigenvalue weighted by Crippen LogP contribution is 2.19. The first-order valence-electron chi connectivity index (χ1n) is 8.48. The summed E-state index contributed by atoms with van der Waals surface area (Å²) in [7, 11) is -3.77. The second-order valence-electron chi connectivity index (χ2n) is 6.06. The molecular weight excluding hydrogens is 380 g/mol. The van der Waals surface area contributed by atoms with Crippen molar-refractivity contribution in [1.29, 1.82) is 0 Å². The van der Waals surface area contributed by atoms with Crippen LogP contribution in [0.25, 0.3) is 0 Å². The SMILES string of the molecule is C=CCNS(=O)(=O)c1cccc(C(=O)OCC(=O)Nc2c(C)cccc2C)c1. The maximum Gasteiger partial charge on any atom is 0.338 e. The molecule has 2 rings (SSSR count). The van der Waals surface area contributed by atoms with Gasteiger partial charge in [-0.25, -0.2) is 17.9 Å². The Morgan fingerprint density at radius 2 is 1.75 bits per heavy atom. The van der Waals surface area contributed by atoms with Crippen LogP contribution in [0, 0.1) is 13.8 Å². The average molecular weight is 402 g/mol. The molecule has 7 nitrogen and oxygen atoms in total. The number of carbonyl (C=O) groups is 2. The molecule has 0 unspecified atom stereocenters. The van der Waals surface area contributed by atoms with Gasteiger partial charge in [0.25, 0.3) is 5.91 Å². The number of benzene rings is 2. The summed E-state index contributed by atoms with van der Waals surface area (Å²) in [6.45, 7) is 6.75. The minimum absolute atomic E-state index is 0.0290. The van der Waals surface area contributed by atoms with Crippen molar-refractivity contribution < 1.29 is 22.7 Å². The highest BCUT2D eigenvalue weighted by Gasteiger charge is 2.17. The molecule has 0 aromatic heterocycles. The zero-order chi connectivity index (χ0) is 20.7. The smallest absolute Gasteiger partial charge is 0.338 e. The Bertz CT molecular complexity index is 979. The zero-order valence-electron chi connectivity index (χ0n) is 15.7. The van der Waals surface area contributed by atoms with E-state index in [9.17, 15) is 18.0 Å². The van der Waals surface area contributed by atoms with Crippen LogP contribution in [-0.2, 0) is 19.6 Å². The summed E-state index contributed by atoms with van der Waals surface area (Å²) >= 11 is 0. The number of esters is 1. The van der Waals surface area contributed by atoms with Gasteiger partial charge in [0.2, 0.25) is 10.0 Å². The number of hydrogen-bond donors (Lipinski definition) is 2. The molecular formula is C20H22N2O5S. The Morgan fingerprint density at radius 1 is 1.11 bits per heavy atom. The highest BCUT2D eigenvalue weighted by molar-refractivity contribution is 7.89. The molecule has 0 aliphatic carbocycles. The molecule has 148 valence electrons. The molecule has 0 heterocycles. The molecule has 2 N–H and O–H groups in total. The van der Waals surface area contributed by atoms with Gasteiger partial charge in [0.15, 0.2) is 6.61 Å². The van der Waals surface area contributed by atoms with Gasteiger partial charge in [0.05, 0.1) is 10.5 Å². The van der Waals surface area contributed by atoms with Gasteiger partial charge in [-0.1, -0.05) is 30.3 Å². The number of nitrogens with one attached hydrogen (secondary N) is 2.